The summed E-state index contributed by atoms with van der Waals surface area (Å²) < 4.78 is 11.9. The number of ether oxygens (including phenoxy) is 1. The van der Waals surface area contributed by atoms with Gasteiger partial charge in [-0.15, -0.1) is 0 Å². The monoisotopic (exact) mass is 357 g/mol. The van der Waals surface area contributed by atoms with Crippen molar-refractivity contribution < 1.29 is 9.15 Å². The lowest BCUT2D eigenvalue weighted by molar-refractivity contribution is -0.0653. The molecule has 0 aromatic carbocycles. The van der Waals surface area contributed by atoms with Crippen molar-refractivity contribution in [2.75, 3.05) is 26.2 Å². The Morgan fingerprint density at radius 3 is 2.69 bits per heavy atom. The van der Waals surface area contributed by atoms with Crippen LogP contribution in [0.1, 0.15) is 39.4 Å². The number of rotatable bonds is 9. The molecule has 1 fully saturated rings. The predicted molar refractivity (Wildman–Crippen MR) is 103 cm³/mol. The van der Waals surface area contributed by atoms with Crippen molar-refractivity contribution >= 4 is 0 Å². The van der Waals surface area contributed by atoms with E-state index in [-0.39, 0.29) is 6.10 Å². The molecule has 0 N–H and O–H groups in total. The fourth-order valence-corrected chi connectivity index (χ4v) is 3.35. The summed E-state index contributed by atoms with van der Waals surface area (Å²) in [7, 11) is 0. The van der Waals surface area contributed by atoms with E-state index in [0.717, 1.165) is 49.8 Å². The summed E-state index contributed by atoms with van der Waals surface area (Å²) in [6, 6.07) is 7.99. The molecule has 0 bridgehead atoms. The van der Waals surface area contributed by atoms with Crippen LogP contribution in [0.2, 0.25) is 0 Å². The minimum Gasteiger partial charge on any atom is -0.467 e. The third-order valence-electron chi connectivity index (χ3n) is 4.68. The standard InChI is InChI=1S/C21H31N3O2/c1-17(2)16-26-18(3)14-24(23-11-6-7-12-23)15-21-19(9-13-25-21)20-8-4-5-10-22-20/h4-5,8-10,13,17-18H,6-7,11-12,14-16H2,1-3H3. The maximum Gasteiger partial charge on any atom is 0.128 e. The van der Waals surface area contributed by atoms with Gasteiger partial charge in [-0.3, -0.25) is 4.98 Å². The van der Waals surface area contributed by atoms with Gasteiger partial charge in [0.05, 0.1) is 24.6 Å². The first kappa shape index (κ1) is 19.1. The van der Waals surface area contributed by atoms with Gasteiger partial charge in [-0.1, -0.05) is 19.9 Å². The van der Waals surface area contributed by atoms with Crippen molar-refractivity contribution in [3.05, 3.63) is 42.5 Å². The second-order valence-corrected chi connectivity index (χ2v) is 7.52. The largest absolute Gasteiger partial charge is 0.467 e. The number of hydrogen-bond donors (Lipinski definition) is 0. The van der Waals surface area contributed by atoms with E-state index >= 15 is 0 Å². The first-order valence-electron chi connectivity index (χ1n) is 9.72. The quantitative estimate of drug-likeness (QED) is 0.672. The first-order valence-corrected chi connectivity index (χ1v) is 9.72. The topological polar surface area (TPSA) is 41.7 Å². The summed E-state index contributed by atoms with van der Waals surface area (Å²) in [5, 5.41) is 4.84. The molecule has 5 nitrogen and oxygen atoms in total. The summed E-state index contributed by atoms with van der Waals surface area (Å²) in [6.45, 7) is 11.2. The molecule has 1 saturated heterocycles. The lowest BCUT2D eigenvalue weighted by Gasteiger charge is -2.33. The zero-order valence-electron chi connectivity index (χ0n) is 16.2. The summed E-state index contributed by atoms with van der Waals surface area (Å²) in [6.07, 6.45) is 6.28. The predicted octanol–water partition coefficient (Wildman–Crippen LogP) is 4.22. The molecule has 2 aromatic rings. The van der Waals surface area contributed by atoms with Crippen LogP contribution in [0.15, 0.2) is 41.1 Å². The van der Waals surface area contributed by atoms with Crippen molar-refractivity contribution in [2.24, 2.45) is 5.92 Å². The fourth-order valence-electron chi connectivity index (χ4n) is 3.35. The molecule has 0 amide bonds. The van der Waals surface area contributed by atoms with Crippen molar-refractivity contribution in [2.45, 2.75) is 46.3 Å². The Labute approximate surface area is 156 Å². The molecule has 1 unspecified atom stereocenters. The van der Waals surface area contributed by atoms with Gasteiger partial charge in [0, 0.05) is 38.0 Å². The Kier molecular flexibility index (Phi) is 6.83. The van der Waals surface area contributed by atoms with E-state index < -0.39 is 0 Å². The van der Waals surface area contributed by atoms with Crippen molar-refractivity contribution in [1.82, 2.24) is 15.0 Å². The van der Waals surface area contributed by atoms with Gasteiger partial charge >= 0.3 is 0 Å². The van der Waals surface area contributed by atoms with Crippen LogP contribution in [0.25, 0.3) is 11.3 Å². The minimum atomic E-state index is 0.186. The number of pyridine rings is 1. The van der Waals surface area contributed by atoms with Crippen LogP contribution < -0.4 is 0 Å². The molecule has 0 radical (unpaired) electrons. The van der Waals surface area contributed by atoms with E-state index in [0.29, 0.717) is 5.92 Å². The smallest absolute Gasteiger partial charge is 0.128 e. The molecule has 3 rings (SSSR count). The van der Waals surface area contributed by atoms with E-state index in [2.05, 4.69) is 35.8 Å². The number of aromatic nitrogens is 1. The van der Waals surface area contributed by atoms with E-state index in [4.69, 9.17) is 9.15 Å². The number of furan rings is 1. The van der Waals surface area contributed by atoms with Crippen LogP contribution in [0.5, 0.6) is 0 Å². The van der Waals surface area contributed by atoms with Gasteiger partial charge in [0.2, 0.25) is 0 Å². The van der Waals surface area contributed by atoms with Crippen molar-refractivity contribution in [3.63, 3.8) is 0 Å². The molecule has 0 saturated carbocycles. The molecular weight excluding hydrogens is 326 g/mol. The summed E-state index contributed by atoms with van der Waals surface area (Å²) in [5.41, 5.74) is 2.03. The van der Waals surface area contributed by atoms with E-state index in [1.807, 2.05) is 30.5 Å². The average molecular weight is 357 g/mol. The minimum absolute atomic E-state index is 0.186. The van der Waals surface area contributed by atoms with Gasteiger partial charge in [0.25, 0.3) is 0 Å². The molecule has 1 aliphatic heterocycles. The van der Waals surface area contributed by atoms with Gasteiger partial charge in [0.1, 0.15) is 5.76 Å². The highest BCUT2D eigenvalue weighted by atomic mass is 16.5. The lowest BCUT2D eigenvalue weighted by Crippen LogP contribution is -2.44. The maximum absolute atomic E-state index is 6.02. The molecule has 2 aromatic heterocycles. The second kappa shape index (κ2) is 9.31. The summed E-state index contributed by atoms with van der Waals surface area (Å²) in [4.78, 5) is 4.48. The van der Waals surface area contributed by atoms with Gasteiger partial charge < -0.3 is 9.15 Å². The molecule has 0 aliphatic carbocycles. The highest BCUT2D eigenvalue weighted by Gasteiger charge is 2.24. The van der Waals surface area contributed by atoms with Crippen molar-refractivity contribution in [3.8, 4) is 11.3 Å². The molecule has 142 valence electrons. The molecule has 1 aliphatic rings. The zero-order chi connectivity index (χ0) is 18.4. The van der Waals surface area contributed by atoms with Crippen molar-refractivity contribution in [1.29, 1.82) is 0 Å². The second-order valence-electron chi connectivity index (χ2n) is 7.52. The van der Waals surface area contributed by atoms with Crippen LogP contribution in [-0.2, 0) is 11.3 Å². The van der Waals surface area contributed by atoms with Gasteiger partial charge in [-0.2, -0.15) is 0 Å². The SMILES string of the molecule is CC(C)COC(C)CN(Cc1occc1-c1ccccn1)N1CCCC1. The Morgan fingerprint density at radius 2 is 2.00 bits per heavy atom. The zero-order valence-corrected chi connectivity index (χ0v) is 16.2. The summed E-state index contributed by atoms with van der Waals surface area (Å²) >= 11 is 0. The highest BCUT2D eigenvalue weighted by molar-refractivity contribution is 5.60. The van der Waals surface area contributed by atoms with Crippen LogP contribution in [0, 0.1) is 5.92 Å². The normalized spacial score (nSPS) is 16.7. The summed E-state index contributed by atoms with van der Waals surface area (Å²) in [5.74, 6) is 1.52. The lowest BCUT2D eigenvalue weighted by atomic mass is 10.1. The number of hydrogen-bond acceptors (Lipinski definition) is 5. The molecule has 5 heteroatoms. The molecule has 26 heavy (non-hydrogen) atoms. The van der Waals surface area contributed by atoms with Gasteiger partial charge in [0.15, 0.2) is 0 Å². The fraction of sp³-hybridized carbons (Fsp3) is 0.571. The van der Waals surface area contributed by atoms with Crippen LogP contribution in [0.3, 0.4) is 0 Å². The van der Waals surface area contributed by atoms with Crippen LogP contribution >= 0.6 is 0 Å². The Hall–Kier alpha value is -1.69. The first-order chi connectivity index (χ1) is 12.6. The third kappa shape index (κ3) is 5.16. The molecule has 1 atom stereocenters. The third-order valence-corrected chi connectivity index (χ3v) is 4.68. The maximum atomic E-state index is 6.02. The molecule has 0 spiro atoms. The molecule has 3 heterocycles. The van der Waals surface area contributed by atoms with Gasteiger partial charge in [-0.05, 0) is 43.9 Å². The Balaban J connectivity index is 1.71. The van der Waals surface area contributed by atoms with Crippen LogP contribution in [0.4, 0.5) is 0 Å². The van der Waals surface area contributed by atoms with E-state index in [1.165, 1.54) is 12.8 Å². The number of hydrazine groups is 1. The van der Waals surface area contributed by atoms with Crippen LogP contribution in [-0.4, -0.2) is 47.3 Å². The van der Waals surface area contributed by atoms with Gasteiger partial charge in [-0.25, -0.2) is 10.0 Å². The van der Waals surface area contributed by atoms with E-state index in [9.17, 15) is 0 Å². The average Bonchev–Trinajstić information content (AvgIpc) is 3.32. The Bertz CT molecular complexity index is 650. The van der Waals surface area contributed by atoms with E-state index in [1.54, 1.807) is 6.26 Å². The number of nitrogens with zero attached hydrogens (tertiary/aromatic N) is 3. The molecular formula is C21H31N3O2. The highest BCUT2D eigenvalue weighted by Crippen LogP contribution is 2.25. The Morgan fingerprint density at radius 1 is 1.19 bits per heavy atom.